The highest BCUT2D eigenvalue weighted by atomic mass is 15.2. The van der Waals surface area contributed by atoms with E-state index in [2.05, 4.69) is 45.0 Å². The minimum atomic E-state index is 0.302. The fraction of sp³-hybridized carbons (Fsp3) is 1.00. The van der Waals surface area contributed by atoms with Gasteiger partial charge in [-0.05, 0) is 77.4 Å². The zero-order valence-corrected chi connectivity index (χ0v) is 13.7. The third-order valence-electron chi connectivity index (χ3n) is 6.10. The van der Waals surface area contributed by atoms with Crippen LogP contribution in [0, 0.1) is 17.8 Å². The molecule has 112 valence electrons. The maximum Gasteiger partial charge on any atom is 0.0308 e. The van der Waals surface area contributed by atoms with Gasteiger partial charge in [0, 0.05) is 11.6 Å². The molecular weight excluding hydrogens is 232 g/mol. The van der Waals surface area contributed by atoms with Crippen LogP contribution in [0.5, 0.6) is 0 Å². The first-order valence-electron chi connectivity index (χ1n) is 8.39. The van der Waals surface area contributed by atoms with E-state index in [1.54, 1.807) is 0 Å². The number of likely N-dealkylation sites (tertiary alicyclic amines) is 1. The predicted molar refractivity (Wildman–Crippen MR) is 83.4 cm³/mol. The smallest absolute Gasteiger partial charge is 0.0308 e. The summed E-state index contributed by atoms with van der Waals surface area (Å²) in [5.74, 6) is 2.67. The first kappa shape index (κ1) is 15.3. The van der Waals surface area contributed by atoms with Crippen molar-refractivity contribution in [3.63, 3.8) is 0 Å². The van der Waals surface area contributed by atoms with Crippen molar-refractivity contribution in [3.05, 3.63) is 0 Å². The maximum absolute atomic E-state index is 3.68. The Labute approximate surface area is 120 Å². The lowest BCUT2D eigenvalue weighted by atomic mass is 9.69. The second-order valence-corrected chi connectivity index (χ2v) is 7.64. The SMILES string of the molecule is CNC(C1CCC(C)C(C)C1)C(C)(C)N1CCCC1. The quantitative estimate of drug-likeness (QED) is 0.837. The van der Waals surface area contributed by atoms with Crippen LogP contribution in [0.2, 0.25) is 0 Å². The van der Waals surface area contributed by atoms with Crippen molar-refractivity contribution < 1.29 is 0 Å². The van der Waals surface area contributed by atoms with E-state index >= 15 is 0 Å². The van der Waals surface area contributed by atoms with Crippen LogP contribution in [0.4, 0.5) is 0 Å². The van der Waals surface area contributed by atoms with Gasteiger partial charge in [-0.1, -0.05) is 20.3 Å². The zero-order valence-electron chi connectivity index (χ0n) is 13.7. The molecule has 2 fully saturated rings. The van der Waals surface area contributed by atoms with E-state index in [-0.39, 0.29) is 0 Å². The molecular formula is C17H34N2. The monoisotopic (exact) mass is 266 g/mol. The van der Waals surface area contributed by atoms with Gasteiger partial charge in [0.05, 0.1) is 0 Å². The summed E-state index contributed by atoms with van der Waals surface area (Å²) < 4.78 is 0. The van der Waals surface area contributed by atoms with Gasteiger partial charge < -0.3 is 5.32 Å². The third-order valence-corrected chi connectivity index (χ3v) is 6.10. The van der Waals surface area contributed by atoms with Crippen LogP contribution in [0.25, 0.3) is 0 Å². The van der Waals surface area contributed by atoms with Gasteiger partial charge in [-0.15, -0.1) is 0 Å². The van der Waals surface area contributed by atoms with E-state index in [0.717, 1.165) is 17.8 Å². The number of hydrogen-bond donors (Lipinski definition) is 1. The van der Waals surface area contributed by atoms with E-state index < -0.39 is 0 Å². The topological polar surface area (TPSA) is 15.3 Å². The first-order valence-corrected chi connectivity index (χ1v) is 8.39. The van der Waals surface area contributed by atoms with Gasteiger partial charge in [0.2, 0.25) is 0 Å². The van der Waals surface area contributed by atoms with Crippen LogP contribution >= 0.6 is 0 Å². The van der Waals surface area contributed by atoms with Crippen molar-refractivity contribution in [1.29, 1.82) is 0 Å². The standard InChI is InChI=1S/C17H34N2/c1-13-8-9-15(12-14(13)2)16(18-5)17(3,4)19-10-6-7-11-19/h13-16,18H,6-12H2,1-5H3. The maximum atomic E-state index is 3.68. The molecule has 0 aromatic carbocycles. The number of likely N-dealkylation sites (N-methyl/N-ethyl adjacent to an activating group) is 1. The minimum absolute atomic E-state index is 0.302. The van der Waals surface area contributed by atoms with Gasteiger partial charge >= 0.3 is 0 Å². The fourth-order valence-electron chi connectivity index (χ4n) is 4.55. The van der Waals surface area contributed by atoms with Crippen molar-refractivity contribution >= 4 is 0 Å². The van der Waals surface area contributed by atoms with Crippen molar-refractivity contribution in [3.8, 4) is 0 Å². The molecule has 2 rings (SSSR count). The second-order valence-electron chi connectivity index (χ2n) is 7.64. The third kappa shape index (κ3) is 3.16. The highest BCUT2D eigenvalue weighted by molar-refractivity contribution is 4.99. The molecule has 1 aliphatic heterocycles. The van der Waals surface area contributed by atoms with Gasteiger partial charge in [0.1, 0.15) is 0 Å². The molecule has 0 spiro atoms. The van der Waals surface area contributed by atoms with E-state index in [4.69, 9.17) is 0 Å². The van der Waals surface area contributed by atoms with Gasteiger partial charge in [-0.25, -0.2) is 0 Å². The summed E-state index contributed by atoms with van der Waals surface area (Å²) in [6.45, 7) is 12.4. The molecule has 1 saturated heterocycles. The molecule has 2 aliphatic rings. The summed E-state index contributed by atoms with van der Waals surface area (Å²) in [4.78, 5) is 2.72. The summed E-state index contributed by atoms with van der Waals surface area (Å²) >= 11 is 0. The van der Waals surface area contributed by atoms with E-state index in [1.165, 1.54) is 45.2 Å². The lowest BCUT2D eigenvalue weighted by molar-refractivity contribution is 0.0532. The highest BCUT2D eigenvalue weighted by Gasteiger charge is 2.41. The molecule has 1 N–H and O–H groups in total. The molecule has 19 heavy (non-hydrogen) atoms. The number of rotatable bonds is 4. The van der Waals surface area contributed by atoms with Crippen molar-refractivity contribution in [2.45, 2.75) is 71.4 Å². The van der Waals surface area contributed by atoms with Gasteiger partial charge in [-0.3, -0.25) is 4.90 Å². The summed E-state index contributed by atoms with van der Waals surface area (Å²) in [6.07, 6.45) is 7.01. The Hall–Kier alpha value is -0.0800. The van der Waals surface area contributed by atoms with Crippen LogP contribution in [0.1, 0.15) is 59.8 Å². The molecule has 4 atom stereocenters. The Kier molecular flexibility index (Phi) is 4.94. The Morgan fingerprint density at radius 3 is 2.21 bits per heavy atom. The molecule has 0 aromatic heterocycles. The minimum Gasteiger partial charge on any atom is -0.315 e. The number of nitrogens with one attached hydrogen (secondary N) is 1. The van der Waals surface area contributed by atoms with Gasteiger partial charge in [-0.2, -0.15) is 0 Å². The van der Waals surface area contributed by atoms with Crippen molar-refractivity contribution in [2.75, 3.05) is 20.1 Å². The normalized spacial score (nSPS) is 35.5. The molecule has 1 aliphatic carbocycles. The predicted octanol–water partition coefficient (Wildman–Crippen LogP) is 3.52. The molecule has 0 amide bonds. The van der Waals surface area contributed by atoms with Crippen LogP contribution in [0.3, 0.4) is 0 Å². The Balaban J connectivity index is 2.06. The van der Waals surface area contributed by atoms with Gasteiger partial charge in [0.25, 0.3) is 0 Å². The van der Waals surface area contributed by atoms with Crippen LogP contribution in [-0.4, -0.2) is 36.6 Å². The number of nitrogens with zero attached hydrogens (tertiary/aromatic N) is 1. The lowest BCUT2D eigenvalue weighted by Crippen LogP contribution is -2.59. The Bertz CT molecular complexity index is 281. The average Bonchev–Trinajstić information content (AvgIpc) is 2.88. The molecule has 1 heterocycles. The molecule has 0 bridgehead atoms. The second kappa shape index (κ2) is 6.13. The fourth-order valence-corrected chi connectivity index (χ4v) is 4.55. The van der Waals surface area contributed by atoms with E-state index in [9.17, 15) is 0 Å². The summed E-state index contributed by atoms with van der Waals surface area (Å²) in [7, 11) is 2.17. The molecule has 2 nitrogen and oxygen atoms in total. The van der Waals surface area contributed by atoms with Crippen molar-refractivity contribution in [2.24, 2.45) is 17.8 Å². The van der Waals surface area contributed by atoms with Crippen LogP contribution in [-0.2, 0) is 0 Å². The first-order chi connectivity index (χ1) is 8.96. The number of hydrogen-bond acceptors (Lipinski definition) is 2. The average molecular weight is 266 g/mol. The highest BCUT2D eigenvalue weighted by Crippen LogP contribution is 2.39. The molecule has 1 saturated carbocycles. The summed E-state index contributed by atoms with van der Waals surface area (Å²) in [5.41, 5.74) is 0.302. The largest absolute Gasteiger partial charge is 0.315 e. The van der Waals surface area contributed by atoms with E-state index in [0.29, 0.717) is 11.6 Å². The summed E-state index contributed by atoms with van der Waals surface area (Å²) in [6, 6.07) is 0.639. The van der Waals surface area contributed by atoms with Gasteiger partial charge in [0.15, 0.2) is 0 Å². The zero-order chi connectivity index (χ0) is 14.0. The Morgan fingerprint density at radius 1 is 1.05 bits per heavy atom. The van der Waals surface area contributed by atoms with E-state index in [1.807, 2.05) is 0 Å². The Morgan fingerprint density at radius 2 is 1.68 bits per heavy atom. The summed E-state index contributed by atoms with van der Waals surface area (Å²) in [5, 5.41) is 3.68. The molecule has 0 aromatic rings. The lowest BCUT2D eigenvalue weighted by Gasteiger charge is -2.48. The van der Waals surface area contributed by atoms with Crippen molar-refractivity contribution in [1.82, 2.24) is 10.2 Å². The van der Waals surface area contributed by atoms with Crippen LogP contribution in [0.15, 0.2) is 0 Å². The molecule has 4 unspecified atom stereocenters. The molecule has 2 heteroatoms. The van der Waals surface area contributed by atoms with Crippen LogP contribution < -0.4 is 5.32 Å². The molecule has 0 radical (unpaired) electrons.